The van der Waals surface area contributed by atoms with Crippen molar-refractivity contribution >= 4 is 33.0 Å². The van der Waals surface area contributed by atoms with Gasteiger partial charge in [0.1, 0.15) is 0 Å². The van der Waals surface area contributed by atoms with E-state index in [4.69, 9.17) is 0 Å². The molecule has 0 aliphatic heterocycles. The molecule has 0 bridgehead atoms. The van der Waals surface area contributed by atoms with Crippen LogP contribution in [0.1, 0.15) is 21.0 Å². The predicted molar refractivity (Wildman–Crippen MR) is 121 cm³/mol. The van der Waals surface area contributed by atoms with E-state index in [-0.39, 0.29) is 17.2 Å². The Morgan fingerprint density at radius 1 is 1.07 bits per heavy atom. The summed E-state index contributed by atoms with van der Waals surface area (Å²) in [7, 11) is -0.624. The summed E-state index contributed by atoms with van der Waals surface area (Å²) in [6, 6.07) is 13.0. The average molecular weight is 444 g/mol. The number of thiazole rings is 1. The van der Waals surface area contributed by atoms with Crippen LogP contribution in [0.4, 0.5) is 5.69 Å². The van der Waals surface area contributed by atoms with Crippen molar-refractivity contribution in [3.05, 3.63) is 63.5 Å². The van der Waals surface area contributed by atoms with Crippen molar-refractivity contribution in [2.24, 2.45) is 0 Å². The molecule has 1 amide bonds. The second-order valence-electron chi connectivity index (χ2n) is 7.36. The molecule has 0 radical (unpaired) electrons. The summed E-state index contributed by atoms with van der Waals surface area (Å²) in [6.07, 6.45) is 0.165. The maximum Gasteiger partial charge on any atom is 0.242 e. The summed E-state index contributed by atoms with van der Waals surface area (Å²) in [5.74, 6) is -0.218. The van der Waals surface area contributed by atoms with Crippen molar-refractivity contribution in [2.75, 3.05) is 19.4 Å². The van der Waals surface area contributed by atoms with Crippen molar-refractivity contribution in [3.8, 4) is 11.3 Å². The Morgan fingerprint density at radius 3 is 2.37 bits per heavy atom. The number of hydrogen-bond donors (Lipinski definition) is 1. The van der Waals surface area contributed by atoms with Crippen LogP contribution in [0.15, 0.2) is 47.4 Å². The lowest BCUT2D eigenvalue weighted by molar-refractivity contribution is -0.115. The monoisotopic (exact) mass is 443 g/mol. The Bertz CT molecular complexity index is 1180. The number of aryl methyl sites for hydroxylation is 3. The number of rotatable bonds is 6. The fourth-order valence-electron chi connectivity index (χ4n) is 3.03. The van der Waals surface area contributed by atoms with Crippen LogP contribution < -0.4 is 5.32 Å². The zero-order chi connectivity index (χ0) is 22.1. The van der Waals surface area contributed by atoms with Crippen LogP contribution in [0.3, 0.4) is 0 Å². The maximum atomic E-state index is 12.7. The maximum absolute atomic E-state index is 12.7. The van der Waals surface area contributed by atoms with E-state index in [0.717, 1.165) is 31.0 Å². The smallest absolute Gasteiger partial charge is 0.242 e. The van der Waals surface area contributed by atoms with E-state index in [0.29, 0.717) is 11.3 Å². The number of aromatic nitrogens is 1. The van der Waals surface area contributed by atoms with Gasteiger partial charge in [-0.05, 0) is 38.5 Å². The number of sulfonamides is 1. The molecule has 0 unspecified atom stereocenters. The first-order valence-electron chi connectivity index (χ1n) is 9.44. The number of hydrogen-bond acceptors (Lipinski definition) is 5. The summed E-state index contributed by atoms with van der Waals surface area (Å²) in [5.41, 5.74) is 4.02. The number of amides is 1. The highest BCUT2D eigenvalue weighted by Gasteiger charge is 2.21. The highest BCUT2D eigenvalue weighted by Crippen LogP contribution is 2.29. The number of nitrogens with one attached hydrogen (secondary N) is 1. The van der Waals surface area contributed by atoms with Gasteiger partial charge in [-0.25, -0.2) is 17.7 Å². The number of carbonyl (C=O) groups is 1. The first kappa shape index (κ1) is 22.1. The molecular weight excluding hydrogens is 418 g/mol. The van der Waals surface area contributed by atoms with Gasteiger partial charge in [0.05, 0.1) is 22.0 Å². The van der Waals surface area contributed by atoms with Crippen LogP contribution >= 0.6 is 11.3 Å². The van der Waals surface area contributed by atoms with Gasteiger partial charge >= 0.3 is 0 Å². The fourth-order valence-corrected chi connectivity index (χ4v) is 5.13. The summed E-state index contributed by atoms with van der Waals surface area (Å²) in [4.78, 5) is 18.4. The molecule has 30 heavy (non-hydrogen) atoms. The highest BCUT2D eigenvalue weighted by atomic mass is 32.2. The molecule has 1 N–H and O–H groups in total. The second kappa shape index (κ2) is 8.67. The van der Waals surface area contributed by atoms with Crippen molar-refractivity contribution in [1.82, 2.24) is 9.29 Å². The average Bonchev–Trinajstić information content (AvgIpc) is 3.03. The van der Waals surface area contributed by atoms with E-state index < -0.39 is 10.0 Å². The molecule has 0 spiro atoms. The van der Waals surface area contributed by atoms with Crippen molar-refractivity contribution in [3.63, 3.8) is 0 Å². The first-order chi connectivity index (χ1) is 14.1. The quantitative estimate of drug-likeness (QED) is 0.620. The Hall–Kier alpha value is -2.55. The molecule has 0 aliphatic rings. The zero-order valence-corrected chi connectivity index (χ0v) is 19.3. The standard InChI is InChI=1S/C22H25N3O3S2/c1-14-6-9-17(10-7-14)22-19(29-16(3)23-22)13-21(26)24-18-11-8-15(2)20(12-18)30(27,28)25(4)5/h6-12H,13H2,1-5H3,(H,24,26). The van der Waals surface area contributed by atoms with Gasteiger partial charge in [-0.15, -0.1) is 11.3 Å². The molecule has 6 nitrogen and oxygen atoms in total. The third-order valence-corrected chi connectivity index (χ3v) is 7.61. The Balaban J connectivity index is 1.83. The van der Waals surface area contributed by atoms with Gasteiger partial charge < -0.3 is 5.32 Å². The molecule has 0 saturated heterocycles. The minimum Gasteiger partial charge on any atom is -0.326 e. The van der Waals surface area contributed by atoms with Gasteiger partial charge in [-0.3, -0.25) is 4.79 Å². The lowest BCUT2D eigenvalue weighted by atomic mass is 10.1. The number of benzene rings is 2. The van der Waals surface area contributed by atoms with Gasteiger partial charge in [0.2, 0.25) is 15.9 Å². The van der Waals surface area contributed by atoms with E-state index in [1.54, 1.807) is 19.1 Å². The second-order valence-corrected chi connectivity index (χ2v) is 10.8. The first-order valence-corrected chi connectivity index (χ1v) is 11.7. The summed E-state index contributed by atoms with van der Waals surface area (Å²) < 4.78 is 26.2. The van der Waals surface area contributed by atoms with Crippen LogP contribution in [0, 0.1) is 20.8 Å². The molecule has 0 aliphatic carbocycles. The third kappa shape index (κ3) is 4.77. The molecule has 3 rings (SSSR count). The van der Waals surface area contributed by atoms with Gasteiger partial charge in [0, 0.05) is 30.2 Å². The lowest BCUT2D eigenvalue weighted by Gasteiger charge is -2.15. The Labute approximate surface area is 181 Å². The minimum atomic E-state index is -3.59. The lowest BCUT2D eigenvalue weighted by Crippen LogP contribution is -2.23. The number of nitrogens with zero attached hydrogens (tertiary/aromatic N) is 2. The fraction of sp³-hybridized carbons (Fsp3) is 0.273. The van der Waals surface area contributed by atoms with Crippen LogP contribution in [0.2, 0.25) is 0 Å². The van der Waals surface area contributed by atoms with E-state index in [9.17, 15) is 13.2 Å². The summed E-state index contributed by atoms with van der Waals surface area (Å²) in [6.45, 7) is 5.68. The van der Waals surface area contributed by atoms with Crippen molar-refractivity contribution in [2.45, 2.75) is 32.1 Å². The molecule has 158 valence electrons. The topological polar surface area (TPSA) is 79.4 Å². The van der Waals surface area contributed by atoms with Gasteiger partial charge in [0.25, 0.3) is 0 Å². The van der Waals surface area contributed by atoms with Crippen LogP contribution in [-0.4, -0.2) is 37.7 Å². The summed E-state index contributed by atoms with van der Waals surface area (Å²) in [5, 5.41) is 3.71. The molecule has 0 saturated carbocycles. The van der Waals surface area contributed by atoms with Gasteiger partial charge in [-0.1, -0.05) is 35.9 Å². The normalized spacial score (nSPS) is 11.7. The molecule has 1 aromatic heterocycles. The van der Waals surface area contributed by atoms with Gasteiger partial charge in [-0.2, -0.15) is 0 Å². The minimum absolute atomic E-state index is 0.165. The van der Waals surface area contributed by atoms with Gasteiger partial charge in [0.15, 0.2) is 0 Å². The Morgan fingerprint density at radius 2 is 1.73 bits per heavy atom. The van der Waals surface area contributed by atoms with E-state index >= 15 is 0 Å². The molecular formula is C22H25N3O3S2. The van der Waals surface area contributed by atoms with Crippen molar-refractivity contribution in [1.29, 1.82) is 0 Å². The highest BCUT2D eigenvalue weighted by molar-refractivity contribution is 7.89. The molecule has 2 aromatic carbocycles. The predicted octanol–water partition coefficient (Wildman–Crippen LogP) is 4.17. The molecule has 3 aromatic rings. The van der Waals surface area contributed by atoms with E-state index in [1.165, 1.54) is 31.5 Å². The van der Waals surface area contributed by atoms with Crippen LogP contribution in [-0.2, 0) is 21.2 Å². The molecule has 0 atom stereocenters. The number of carbonyl (C=O) groups excluding carboxylic acids is 1. The Kier molecular flexibility index (Phi) is 6.40. The van der Waals surface area contributed by atoms with Crippen LogP contribution in [0.25, 0.3) is 11.3 Å². The van der Waals surface area contributed by atoms with Crippen LogP contribution in [0.5, 0.6) is 0 Å². The molecule has 0 fully saturated rings. The third-order valence-electron chi connectivity index (χ3n) is 4.68. The zero-order valence-electron chi connectivity index (χ0n) is 17.7. The SMILES string of the molecule is Cc1ccc(-c2nc(C)sc2CC(=O)Nc2ccc(C)c(S(=O)(=O)N(C)C)c2)cc1. The largest absolute Gasteiger partial charge is 0.326 e. The van der Waals surface area contributed by atoms with E-state index in [2.05, 4.69) is 10.3 Å². The van der Waals surface area contributed by atoms with Crippen molar-refractivity contribution < 1.29 is 13.2 Å². The summed E-state index contributed by atoms with van der Waals surface area (Å²) >= 11 is 1.49. The molecule has 1 heterocycles. The number of anilines is 1. The molecule has 8 heteroatoms. The van der Waals surface area contributed by atoms with E-state index in [1.807, 2.05) is 38.1 Å².